The van der Waals surface area contributed by atoms with Crippen molar-refractivity contribution in [2.75, 3.05) is 59.5 Å². The van der Waals surface area contributed by atoms with Crippen molar-refractivity contribution in [3.05, 3.63) is 29.8 Å². The Morgan fingerprint density at radius 2 is 1.75 bits per heavy atom. The second kappa shape index (κ2) is 8.42. The molecule has 154 valence electrons. The average molecular weight is 386 g/mol. The maximum absolute atomic E-state index is 13.1. The first kappa shape index (κ1) is 19.7. The first-order valence-corrected chi connectivity index (χ1v) is 10.9. The molecule has 0 atom stereocenters. The van der Waals surface area contributed by atoms with Crippen LogP contribution in [0.4, 0.5) is 0 Å². The van der Waals surface area contributed by atoms with Gasteiger partial charge in [-0.1, -0.05) is 19.1 Å². The number of rotatable bonds is 6. The Balaban J connectivity index is 1.32. The fourth-order valence-corrected chi connectivity index (χ4v) is 4.39. The number of piperazine rings is 1. The third-order valence-corrected chi connectivity index (χ3v) is 6.75. The van der Waals surface area contributed by atoms with Crippen molar-refractivity contribution < 1.29 is 9.53 Å². The van der Waals surface area contributed by atoms with Gasteiger partial charge in [-0.25, -0.2) is 0 Å². The minimum Gasteiger partial charge on any atom is -0.492 e. The normalized spacial score (nSPS) is 23.6. The number of para-hydroxylation sites is 1. The number of likely N-dealkylation sites (N-methyl/N-ethyl adjacent to an activating group) is 1. The van der Waals surface area contributed by atoms with Gasteiger partial charge >= 0.3 is 0 Å². The molecular formula is C23H35N3O2. The summed E-state index contributed by atoms with van der Waals surface area (Å²) in [4.78, 5) is 20.2. The van der Waals surface area contributed by atoms with E-state index in [4.69, 9.17) is 4.74 Å². The van der Waals surface area contributed by atoms with Gasteiger partial charge in [-0.2, -0.15) is 0 Å². The van der Waals surface area contributed by atoms with Crippen LogP contribution < -0.4 is 4.74 Å². The van der Waals surface area contributed by atoms with Crippen LogP contribution >= 0.6 is 0 Å². The van der Waals surface area contributed by atoms with Crippen LogP contribution in [0.25, 0.3) is 0 Å². The Labute approximate surface area is 169 Å². The second-order valence-electron chi connectivity index (χ2n) is 9.43. The number of carbonyl (C=O) groups excluding carboxylic acids is 1. The van der Waals surface area contributed by atoms with E-state index < -0.39 is 0 Å². The molecule has 1 amide bonds. The van der Waals surface area contributed by atoms with Crippen molar-refractivity contribution in [1.29, 1.82) is 0 Å². The van der Waals surface area contributed by atoms with Crippen molar-refractivity contribution in [2.24, 2.45) is 11.3 Å². The van der Waals surface area contributed by atoms with Gasteiger partial charge in [0.05, 0.1) is 12.2 Å². The Bertz CT molecular complexity index is 672. The van der Waals surface area contributed by atoms with E-state index in [1.54, 1.807) is 0 Å². The summed E-state index contributed by atoms with van der Waals surface area (Å²) in [5, 5.41) is 0. The zero-order chi connectivity index (χ0) is 19.6. The third kappa shape index (κ3) is 4.87. The summed E-state index contributed by atoms with van der Waals surface area (Å²) in [6.07, 6.45) is 4.68. The highest BCUT2D eigenvalue weighted by atomic mass is 16.5. The summed E-state index contributed by atoms with van der Waals surface area (Å²) in [6.45, 7) is 10.7. The first-order chi connectivity index (χ1) is 13.5. The van der Waals surface area contributed by atoms with Crippen LogP contribution in [0.15, 0.2) is 24.3 Å². The molecule has 3 fully saturated rings. The minimum atomic E-state index is 0.132. The van der Waals surface area contributed by atoms with Crippen LogP contribution in [-0.4, -0.2) is 80.1 Å². The number of hydrogen-bond donors (Lipinski definition) is 0. The highest BCUT2D eigenvalue weighted by molar-refractivity contribution is 5.97. The number of piperidine rings is 1. The van der Waals surface area contributed by atoms with Crippen LogP contribution in [0.5, 0.6) is 5.75 Å². The molecule has 3 aliphatic rings. The van der Waals surface area contributed by atoms with Crippen molar-refractivity contribution in [3.63, 3.8) is 0 Å². The van der Waals surface area contributed by atoms with E-state index in [-0.39, 0.29) is 5.91 Å². The van der Waals surface area contributed by atoms with Crippen LogP contribution in [-0.2, 0) is 0 Å². The van der Waals surface area contributed by atoms with Gasteiger partial charge in [0.15, 0.2) is 0 Å². The van der Waals surface area contributed by atoms with Crippen molar-refractivity contribution in [1.82, 2.24) is 14.7 Å². The van der Waals surface area contributed by atoms with Gasteiger partial charge < -0.3 is 19.4 Å². The Morgan fingerprint density at radius 1 is 1.07 bits per heavy atom. The van der Waals surface area contributed by atoms with Crippen molar-refractivity contribution in [3.8, 4) is 5.75 Å². The molecule has 2 aliphatic heterocycles. The minimum absolute atomic E-state index is 0.132. The molecule has 0 N–H and O–H groups in total. The number of benzene rings is 1. The standard InChI is InChI=1S/C23H35N3O2/c1-23(18-25-15-13-24(2)14-16-25)9-11-26(12-10-23)22(27)20-5-3-4-6-21(20)28-17-19-7-8-19/h3-6,19H,7-18H2,1-2H3. The molecule has 2 heterocycles. The number of amides is 1. The first-order valence-electron chi connectivity index (χ1n) is 10.9. The molecule has 1 aliphatic carbocycles. The molecule has 5 nitrogen and oxygen atoms in total. The topological polar surface area (TPSA) is 36.0 Å². The zero-order valence-corrected chi connectivity index (χ0v) is 17.5. The molecule has 0 aromatic heterocycles. The number of carbonyl (C=O) groups is 1. The molecule has 4 rings (SSSR count). The van der Waals surface area contributed by atoms with Crippen molar-refractivity contribution in [2.45, 2.75) is 32.6 Å². The lowest BCUT2D eigenvalue weighted by Crippen LogP contribution is -2.51. The molecule has 0 radical (unpaired) electrons. The predicted molar refractivity (Wildman–Crippen MR) is 112 cm³/mol. The van der Waals surface area contributed by atoms with E-state index in [2.05, 4.69) is 23.8 Å². The van der Waals surface area contributed by atoms with Gasteiger partial charge in [-0.15, -0.1) is 0 Å². The van der Waals surface area contributed by atoms with Crippen LogP contribution in [0.1, 0.15) is 43.0 Å². The summed E-state index contributed by atoms with van der Waals surface area (Å²) in [5.74, 6) is 1.58. The third-order valence-electron chi connectivity index (χ3n) is 6.75. The molecule has 0 bridgehead atoms. The lowest BCUT2D eigenvalue weighted by atomic mass is 9.79. The maximum atomic E-state index is 13.1. The zero-order valence-electron chi connectivity index (χ0n) is 17.5. The van der Waals surface area contributed by atoms with Gasteiger partial charge in [0.25, 0.3) is 5.91 Å². The smallest absolute Gasteiger partial charge is 0.257 e. The number of hydrogen-bond acceptors (Lipinski definition) is 4. The highest BCUT2D eigenvalue weighted by Gasteiger charge is 2.35. The second-order valence-corrected chi connectivity index (χ2v) is 9.43. The Morgan fingerprint density at radius 3 is 2.43 bits per heavy atom. The quantitative estimate of drug-likeness (QED) is 0.754. The monoisotopic (exact) mass is 385 g/mol. The average Bonchev–Trinajstić information content (AvgIpc) is 3.53. The van der Waals surface area contributed by atoms with E-state index in [1.165, 1.54) is 39.0 Å². The van der Waals surface area contributed by atoms with E-state index in [0.717, 1.165) is 50.4 Å². The Kier molecular flexibility index (Phi) is 5.93. The summed E-state index contributed by atoms with van der Waals surface area (Å²) >= 11 is 0. The molecule has 28 heavy (non-hydrogen) atoms. The molecule has 5 heteroatoms. The van der Waals surface area contributed by atoms with E-state index in [9.17, 15) is 4.79 Å². The van der Waals surface area contributed by atoms with E-state index in [1.807, 2.05) is 29.2 Å². The van der Waals surface area contributed by atoms with E-state index in [0.29, 0.717) is 11.3 Å². The summed E-state index contributed by atoms with van der Waals surface area (Å²) < 4.78 is 5.97. The predicted octanol–water partition coefficient (Wildman–Crippen LogP) is 2.97. The number of likely N-dealkylation sites (tertiary alicyclic amines) is 1. The largest absolute Gasteiger partial charge is 0.492 e. The van der Waals surface area contributed by atoms with Crippen LogP contribution in [0.2, 0.25) is 0 Å². The lowest BCUT2D eigenvalue weighted by molar-refractivity contribution is 0.0430. The van der Waals surface area contributed by atoms with Crippen LogP contribution in [0, 0.1) is 11.3 Å². The van der Waals surface area contributed by atoms with Gasteiger partial charge in [0.1, 0.15) is 5.75 Å². The summed E-state index contributed by atoms with van der Waals surface area (Å²) in [6, 6.07) is 7.76. The van der Waals surface area contributed by atoms with Gasteiger partial charge in [-0.3, -0.25) is 4.79 Å². The number of ether oxygens (including phenoxy) is 1. The fourth-order valence-electron chi connectivity index (χ4n) is 4.39. The molecular weight excluding hydrogens is 350 g/mol. The maximum Gasteiger partial charge on any atom is 0.257 e. The number of nitrogens with zero attached hydrogens (tertiary/aromatic N) is 3. The van der Waals surface area contributed by atoms with Gasteiger partial charge in [0.2, 0.25) is 0 Å². The molecule has 0 unspecified atom stereocenters. The molecule has 1 aromatic carbocycles. The molecule has 2 saturated heterocycles. The van der Waals surface area contributed by atoms with E-state index >= 15 is 0 Å². The molecule has 1 aromatic rings. The lowest BCUT2D eigenvalue weighted by Gasteiger charge is -2.44. The van der Waals surface area contributed by atoms with Gasteiger partial charge in [-0.05, 0) is 56.2 Å². The molecule has 0 spiro atoms. The molecule has 1 saturated carbocycles. The summed E-state index contributed by atoms with van der Waals surface area (Å²) in [7, 11) is 2.20. The Hall–Kier alpha value is -1.59. The van der Waals surface area contributed by atoms with Crippen molar-refractivity contribution >= 4 is 5.91 Å². The SMILES string of the molecule is CN1CCN(CC2(C)CCN(C(=O)c3ccccc3OCC3CC3)CC2)CC1. The highest BCUT2D eigenvalue weighted by Crippen LogP contribution is 2.34. The van der Waals surface area contributed by atoms with Crippen LogP contribution in [0.3, 0.4) is 0 Å². The fraction of sp³-hybridized carbons (Fsp3) is 0.696. The summed E-state index contributed by atoms with van der Waals surface area (Å²) in [5.41, 5.74) is 1.04. The van der Waals surface area contributed by atoms with Gasteiger partial charge in [0, 0.05) is 45.8 Å².